The first-order valence-corrected chi connectivity index (χ1v) is 10.0. The monoisotopic (exact) mass is 349 g/mol. The summed E-state index contributed by atoms with van der Waals surface area (Å²) in [6.07, 6.45) is 12.2. The third-order valence-electron chi connectivity index (χ3n) is 5.20. The van der Waals surface area contributed by atoms with E-state index in [0.29, 0.717) is 5.25 Å². The summed E-state index contributed by atoms with van der Waals surface area (Å²) in [5, 5.41) is 14.7. The predicted molar refractivity (Wildman–Crippen MR) is 94.7 cm³/mol. The van der Waals surface area contributed by atoms with Gasteiger partial charge in [0.15, 0.2) is 5.16 Å². The lowest BCUT2D eigenvalue weighted by Gasteiger charge is -2.31. The summed E-state index contributed by atoms with van der Waals surface area (Å²) in [5.41, 5.74) is 0. The van der Waals surface area contributed by atoms with E-state index in [9.17, 15) is 9.90 Å². The SMILES string of the molecule is O=C(NC1CCC(Sc2ncccn2)CC1)[C@H](O)C1CCCCC1. The Morgan fingerprint density at radius 3 is 2.42 bits per heavy atom. The molecule has 0 spiro atoms. The van der Waals surface area contributed by atoms with Gasteiger partial charge in [-0.3, -0.25) is 4.79 Å². The van der Waals surface area contributed by atoms with Gasteiger partial charge in [0.05, 0.1) is 0 Å². The lowest BCUT2D eigenvalue weighted by molar-refractivity contribution is -0.133. The first-order chi connectivity index (χ1) is 11.7. The summed E-state index contributed by atoms with van der Waals surface area (Å²) in [7, 11) is 0. The van der Waals surface area contributed by atoms with Crippen molar-refractivity contribution in [3.63, 3.8) is 0 Å². The quantitative estimate of drug-likeness (QED) is 0.800. The molecule has 0 bridgehead atoms. The summed E-state index contributed by atoms with van der Waals surface area (Å²) in [5.74, 6) is -0.00901. The highest BCUT2D eigenvalue weighted by atomic mass is 32.2. The van der Waals surface area contributed by atoms with Crippen molar-refractivity contribution in [2.75, 3.05) is 0 Å². The second kappa shape index (κ2) is 8.81. The van der Waals surface area contributed by atoms with Gasteiger partial charge in [-0.2, -0.15) is 0 Å². The Bertz CT molecular complexity index is 514. The van der Waals surface area contributed by atoms with Crippen molar-refractivity contribution < 1.29 is 9.90 Å². The maximum absolute atomic E-state index is 12.3. The first kappa shape index (κ1) is 17.7. The van der Waals surface area contributed by atoms with Gasteiger partial charge >= 0.3 is 0 Å². The number of carbonyl (C=O) groups excluding carboxylic acids is 1. The number of hydrogen-bond donors (Lipinski definition) is 2. The Morgan fingerprint density at radius 2 is 1.75 bits per heavy atom. The smallest absolute Gasteiger partial charge is 0.249 e. The molecule has 24 heavy (non-hydrogen) atoms. The number of nitrogens with zero attached hydrogens (tertiary/aromatic N) is 2. The molecule has 0 saturated heterocycles. The van der Waals surface area contributed by atoms with Crippen LogP contribution in [-0.2, 0) is 4.79 Å². The summed E-state index contributed by atoms with van der Waals surface area (Å²) in [6, 6.07) is 2.03. The molecule has 1 aromatic heterocycles. The van der Waals surface area contributed by atoms with Gasteiger partial charge in [-0.25, -0.2) is 9.97 Å². The topological polar surface area (TPSA) is 75.1 Å². The van der Waals surface area contributed by atoms with Crippen molar-refractivity contribution in [3.05, 3.63) is 18.5 Å². The van der Waals surface area contributed by atoms with Gasteiger partial charge in [0.1, 0.15) is 6.10 Å². The van der Waals surface area contributed by atoms with E-state index in [2.05, 4.69) is 15.3 Å². The average molecular weight is 350 g/mol. The van der Waals surface area contributed by atoms with Gasteiger partial charge in [-0.05, 0) is 50.5 Å². The van der Waals surface area contributed by atoms with E-state index in [-0.39, 0.29) is 17.9 Å². The molecule has 2 aliphatic rings. The van der Waals surface area contributed by atoms with E-state index in [1.807, 2.05) is 6.07 Å². The number of rotatable bonds is 5. The standard InChI is InChI=1S/C18H27N3O2S/c22-16(13-5-2-1-3-6-13)17(23)21-14-7-9-15(10-8-14)24-18-19-11-4-12-20-18/h4,11-16,22H,1-3,5-10H2,(H,21,23)/t14?,15?,16-/m1/s1. The minimum atomic E-state index is -0.824. The molecule has 3 rings (SSSR count). The molecule has 2 aliphatic carbocycles. The van der Waals surface area contributed by atoms with E-state index >= 15 is 0 Å². The Morgan fingerprint density at radius 1 is 1.08 bits per heavy atom. The van der Waals surface area contributed by atoms with Crippen LogP contribution in [0.15, 0.2) is 23.6 Å². The van der Waals surface area contributed by atoms with Crippen molar-refractivity contribution >= 4 is 17.7 Å². The lowest BCUT2D eigenvalue weighted by atomic mass is 9.84. The zero-order chi connectivity index (χ0) is 16.8. The molecule has 1 aromatic rings. The number of amides is 1. The van der Waals surface area contributed by atoms with Crippen molar-refractivity contribution in [1.82, 2.24) is 15.3 Å². The first-order valence-electron chi connectivity index (χ1n) is 9.14. The van der Waals surface area contributed by atoms with Crippen LogP contribution in [0.25, 0.3) is 0 Å². The third-order valence-corrected chi connectivity index (χ3v) is 6.43. The fourth-order valence-corrected chi connectivity index (χ4v) is 4.82. The molecule has 2 fully saturated rings. The Balaban J connectivity index is 1.40. The van der Waals surface area contributed by atoms with Crippen LogP contribution in [0.3, 0.4) is 0 Å². The number of hydrogen-bond acceptors (Lipinski definition) is 5. The zero-order valence-electron chi connectivity index (χ0n) is 14.1. The molecule has 1 heterocycles. The van der Waals surface area contributed by atoms with E-state index in [1.54, 1.807) is 24.2 Å². The number of aliphatic hydroxyl groups is 1. The normalized spacial score (nSPS) is 26.7. The number of aromatic nitrogens is 2. The molecule has 0 aromatic carbocycles. The highest BCUT2D eigenvalue weighted by molar-refractivity contribution is 7.99. The highest BCUT2D eigenvalue weighted by Gasteiger charge is 2.30. The Labute approximate surface area is 148 Å². The van der Waals surface area contributed by atoms with Crippen LogP contribution in [0.5, 0.6) is 0 Å². The Kier molecular flexibility index (Phi) is 6.49. The summed E-state index contributed by atoms with van der Waals surface area (Å²) in [6.45, 7) is 0. The van der Waals surface area contributed by atoms with Gasteiger partial charge < -0.3 is 10.4 Å². The van der Waals surface area contributed by atoms with Crippen LogP contribution in [0.4, 0.5) is 0 Å². The van der Waals surface area contributed by atoms with E-state index in [0.717, 1.165) is 56.5 Å². The molecule has 0 radical (unpaired) electrons. The molecular weight excluding hydrogens is 322 g/mol. The largest absolute Gasteiger partial charge is 0.383 e. The van der Waals surface area contributed by atoms with Crippen molar-refractivity contribution in [1.29, 1.82) is 0 Å². The molecule has 2 saturated carbocycles. The molecule has 0 aliphatic heterocycles. The number of carbonyl (C=O) groups is 1. The third kappa shape index (κ3) is 4.93. The van der Waals surface area contributed by atoms with Gasteiger partial charge in [-0.1, -0.05) is 31.0 Å². The maximum Gasteiger partial charge on any atom is 0.249 e. The molecular formula is C18H27N3O2S. The summed E-state index contributed by atoms with van der Waals surface area (Å²) in [4.78, 5) is 20.8. The molecule has 5 nitrogen and oxygen atoms in total. The predicted octanol–water partition coefficient (Wildman–Crippen LogP) is 2.94. The number of aliphatic hydroxyl groups excluding tert-OH is 1. The maximum atomic E-state index is 12.3. The number of thioether (sulfide) groups is 1. The highest BCUT2D eigenvalue weighted by Crippen LogP contribution is 2.32. The van der Waals surface area contributed by atoms with Crippen molar-refractivity contribution in [3.8, 4) is 0 Å². The second-order valence-electron chi connectivity index (χ2n) is 6.97. The average Bonchev–Trinajstić information content (AvgIpc) is 2.64. The van der Waals surface area contributed by atoms with Crippen LogP contribution in [0.1, 0.15) is 57.8 Å². The molecule has 6 heteroatoms. The minimum Gasteiger partial charge on any atom is -0.383 e. The van der Waals surface area contributed by atoms with Gasteiger partial charge in [0.2, 0.25) is 5.91 Å². The fraction of sp³-hybridized carbons (Fsp3) is 0.722. The van der Waals surface area contributed by atoms with Crippen molar-refractivity contribution in [2.45, 2.75) is 80.3 Å². The van der Waals surface area contributed by atoms with Crippen LogP contribution in [0.2, 0.25) is 0 Å². The van der Waals surface area contributed by atoms with Crippen molar-refractivity contribution in [2.24, 2.45) is 5.92 Å². The van der Waals surface area contributed by atoms with Gasteiger partial charge in [0, 0.05) is 23.7 Å². The molecule has 0 unspecified atom stereocenters. The molecule has 2 N–H and O–H groups in total. The van der Waals surface area contributed by atoms with Gasteiger partial charge in [0.25, 0.3) is 0 Å². The van der Waals surface area contributed by atoms with E-state index in [1.165, 1.54) is 6.42 Å². The minimum absolute atomic E-state index is 0.154. The van der Waals surface area contributed by atoms with Crippen LogP contribution in [0, 0.1) is 5.92 Å². The summed E-state index contributed by atoms with van der Waals surface area (Å²) >= 11 is 1.73. The zero-order valence-corrected chi connectivity index (χ0v) is 14.9. The van der Waals surface area contributed by atoms with Crippen LogP contribution in [-0.4, -0.2) is 38.4 Å². The molecule has 1 atom stereocenters. The van der Waals surface area contributed by atoms with Crippen LogP contribution < -0.4 is 5.32 Å². The van der Waals surface area contributed by atoms with E-state index in [4.69, 9.17) is 0 Å². The Hall–Kier alpha value is -1.14. The fourth-order valence-electron chi connectivity index (χ4n) is 3.77. The molecule has 1 amide bonds. The van der Waals surface area contributed by atoms with Crippen LogP contribution >= 0.6 is 11.8 Å². The number of nitrogens with one attached hydrogen (secondary N) is 1. The van der Waals surface area contributed by atoms with E-state index < -0.39 is 6.10 Å². The second-order valence-corrected chi connectivity index (χ2v) is 8.24. The molecule has 132 valence electrons. The lowest BCUT2D eigenvalue weighted by Crippen LogP contribution is -2.46. The van der Waals surface area contributed by atoms with Gasteiger partial charge in [-0.15, -0.1) is 0 Å². The summed E-state index contributed by atoms with van der Waals surface area (Å²) < 4.78 is 0.